The van der Waals surface area contributed by atoms with Crippen molar-refractivity contribution in [2.75, 3.05) is 11.1 Å². The van der Waals surface area contributed by atoms with E-state index in [1.54, 1.807) is 18.3 Å². The Morgan fingerprint density at radius 2 is 2.00 bits per heavy atom. The smallest absolute Gasteiger partial charge is 0.257 e. The van der Waals surface area contributed by atoms with Crippen LogP contribution in [0.1, 0.15) is 15.9 Å². The number of nitrogen functional groups attached to an aromatic ring is 1. The number of anilines is 2. The van der Waals surface area contributed by atoms with E-state index in [0.29, 0.717) is 22.7 Å². The first-order valence-corrected chi connectivity index (χ1v) is 6.53. The van der Waals surface area contributed by atoms with Gasteiger partial charge in [-0.3, -0.25) is 4.79 Å². The Kier molecular flexibility index (Phi) is 3.23. The van der Waals surface area contributed by atoms with E-state index < -0.39 is 0 Å². The molecule has 0 radical (unpaired) electrons. The van der Waals surface area contributed by atoms with Crippen LogP contribution in [-0.4, -0.2) is 15.9 Å². The average Bonchev–Trinajstić information content (AvgIpc) is 2.48. The minimum atomic E-state index is -0.253. The highest BCUT2D eigenvalue weighted by Crippen LogP contribution is 2.20. The Bertz CT molecular complexity index is 812. The van der Waals surface area contributed by atoms with E-state index in [0.717, 1.165) is 10.9 Å². The van der Waals surface area contributed by atoms with E-state index in [-0.39, 0.29) is 5.91 Å². The summed E-state index contributed by atoms with van der Waals surface area (Å²) in [6, 6.07) is 12.6. The molecule has 1 amide bonds. The number of nitrogens with two attached hydrogens (primary N) is 1. The summed E-state index contributed by atoms with van der Waals surface area (Å²) in [7, 11) is 0. The maximum atomic E-state index is 12.4. The minimum absolute atomic E-state index is 0.253. The highest BCUT2D eigenvalue weighted by molar-refractivity contribution is 6.12. The van der Waals surface area contributed by atoms with Crippen molar-refractivity contribution in [1.82, 2.24) is 9.97 Å². The maximum Gasteiger partial charge on any atom is 0.257 e. The van der Waals surface area contributed by atoms with E-state index in [4.69, 9.17) is 5.73 Å². The van der Waals surface area contributed by atoms with Gasteiger partial charge in [0.1, 0.15) is 11.6 Å². The molecule has 104 valence electrons. The number of carbonyl (C=O) groups is 1. The number of hydrogen-bond acceptors (Lipinski definition) is 4. The Labute approximate surface area is 121 Å². The lowest BCUT2D eigenvalue weighted by Gasteiger charge is -2.08. The second-order valence-electron chi connectivity index (χ2n) is 4.79. The molecule has 0 aliphatic rings. The van der Waals surface area contributed by atoms with Crippen molar-refractivity contribution in [1.29, 1.82) is 0 Å². The lowest BCUT2D eigenvalue weighted by molar-refractivity contribution is 0.102. The molecule has 3 aromatic rings. The zero-order valence-electron chi connectivity index (χ0n) is 11.5. The molecule has 0 aliphatic carbocycles. The van der Waals surface area contributed by atoms with Crippen molar-refractivity contribution in [3.05, 3.63) is 59.8 Å². The van der Waals surface area contributed by atoms with E-state index in [1.807, 2.05) is 37.3 Å². The van der Waals surface area contributed by atoms with Gasteiger partial charge in [-0.1, -0.05) is 24.3 Å². The highest BCUT2D eigenvalue weighted by Gasteiger charge is 2.12. The number of aromatic nitrogens is 2. The molecule has 5 heteroatoms. The van der Waals surface area contributed by atoms with Gasteiger partial charge in [0.25, 0.3) is 5.91 Å². The molecule has 0 spiro atoms. The standard InChI is InChI=1S/C16H14N4O/c1-10-6-7-15(18-9-10)20-16(21)12-8-14(17)19-13-5-3-2-4-11(12)13/h2-9H,1H3,(H2,17,19)(H,18,20,21). The van der Waals surface area contributed by atoms with E-state index in [9.17, 15) is 4.79 Å². The van der Waals surface area contributed by atoms with Gasteiger partial charge < -0.3 is 11.1 Å². The fourth-order valence-corrected chi connectivity index (χ4v) is 2.11. The first-order chi connectivity index (χ1) is 10.1. The Balaban J connectivity index is 1.99. The van der Waals surface area contributed by atoms with Gasteiger partial charge in [-0.05, 0) is 30.7 Å². The van der Waals surface area contributed by atoms with Crippen LogP contribution < -0.4 is 11.1 Å². The molecule has 0 atom stereocenters. The van der Waals surface area contributed by atoms with Crippen molar-refractivity contribution >= 4 is 28.4 Å². The quantitative estimate of drug-likeness (QED) is 0.755. The summed E-state index contributed by atoms with van der Waals surface area (Å²) in [6.45, 7) is 1.94. The summed E-state index contributed by atoms with van der Waals surface area (Å²) in [5.41, 5.74) is 7.98. The molecule has 0 unspecified atom stereocenters. The first-order valence-electron chi connectivity index (χ1n) is 6.53. The fourth-order valence-electron chi connectivity index (χ4n) is 2.11. The molecule has 0 fully saturated rings. The van der Waals surface area contributed by atoms with Crippen molar-refractivity contribution < 1.29 is 4.79 Å². The molecule has 5 nitrogen and oxygen atoms in total. The van der Waals surface area contributed by atoms with Gasteiger partial charge in [0.2, 0.25) is 0 Å². The topological polar surface area (TPSA) is 80.9 Å². The van der Waals surface area contributed by atoms with E-state index >= 15 is 0 Å². The van der Waals surface area contributed by atoms with Gasteiger partial charge >= 0.3 is 0 Å². The zero-order valence-corrected chi connectivity index (χ0v) is 11.5. The van der Waals surface area contributed by atoms with Crippen molar-refractivity contribution in [2.45, 2.75) is 6.92 Å². The fraction of sp³-hybridized carbons (Fsp3) is 0.0625. The molecule has 3 rings (SSSR count). The predicted octanol–water partition coefficient (Wildman–Crippen LogP) is 2.77. The van der Waals surface area contributed by atoms with Crippen LogP contribution in [-0.2, 0) is 0 Å². The average molecular weight is 278 g/mol. The molecule has 2 heterocycles. The van der Waals surface area contributed by atoms with Gasteiger partial charge in [0.15, 0.2) is 0 Å². The summed E-state index contributed by atoms with van der Waals surface area (Å²) >= 11 is 0. The van der Waals surface area contributed by atoms with Crippen LogP contribution in [0.2, 0.25) is 0 Å². The van der Waals surface area contributed by atoms with E-state index in [1.165, 1.54) is 0 Å². The number of amides is 1. The summed E-state index contributed by atoms with van der Waals surface area (Å²) < 4.78 is 0. The molecule has 21 heavy (non-hydrogen) atoms. The molecule has 3 N–H and O–H groups in total. The van der Waals surface area contributed by atoms with E-state index in [2.05, 4.69) is 15.3 Å². The summed E-state index contributed by atoms with van der Waals surface area (Å²) in [5, 5.41) is 3.53. The lowest BCUT2D eigenvalue weighted by atomic mass is 10.1. The van der Waals surface area contributed by atoms with Crippen molar-refractivity contribution in [2.24, 2.45) is 0 Å². The molecule has 0 saturated carbocycles. The van der Waals surface area contributed by atoms with Gasteiger partial charge in [0.05, 0.1) is 11.1 Å². The first kappa shape index (κ1) is 13.1. The number of pyridine rings is 2. The lowest BCUT2D eigenvalue weighted by Crippen LogP contribution is -2.14. The highest BCUT2D eigenvalue weighted by atomic mass is 16.1. The third-order valence-corrected chi connectivity index (χ3v) is 3.13. The second kappa shape index (κ2) is 5.20. The van der Waals surface area contributed by atoms with Crippen molar-refractivity contribution in [3.63, 3.8) is 0 Å². The van der Waals surface area contributed by atoms with Gasteiger partial charge in [0, 0.05) is 11.6 Å². The van der Waals surface area contributed by atoms with Crippen LogP contribution in [0, 0.1) is 6.92 Å². The molecule has 2 aromatic heterocycles. The number of nitrogens with zero attached hydrogens (tertiary/aromatic N) is 2. The SMILES string of the molecule is Cc1ccc(NC(=O)c2cc(N)nc3ccccc23)nc1. The van der Waals surface area contributed by atoms with Crippen molar-refractivity contribution in [3.8, 4) is 0 Å². The third-order valence-electron chi connectivity index (χ3n) is 3.13. The van der Waals surface area contributed by atoms with Crippen LogP contribution in [0.25, 0.3) is 10.9 Å². The number of benzene rings is 1. The monoisotopic (exact) mass is 278 g/mol. The van der Waals surface area contributed by atoms with Gasteiger partial charge in [-0.25, -0.2) is 9.97 Å². The van der Waals surface area contributed by atoms with Crippen LogP contribution >= 0.6 is 0 Å². The second-order valence-corrected chi connectivity index (χ2v) is 4.79. The van der Waals surface area contributed by atoms with Crippen LogP contribution in [0.15, 0.2) is 48.7 Å². The number of rotatable bonds is 2. The molecule has 0 aliphatic heterocycles. The van der Waals surface area contributed by atoms with Gasteiger partial charge in [-0.15, -0.1) is 0 Å². The number of carbonyl (C=O) groups excluding carboxylic acids is 1. The normalized spacial score (nSPS) is 10.5. The summed E-state index contributed by atoms with van der Waals surface area (Å²) in [6.07, 6.45) is 1.70. The molecule has 0 bridgehead atoms. The number of fused-ring (bicyclic) bond motifs is 1. The molecular formula is C16H14N4O. The maximum absolute atomic E-state index is 12.4. The Morgan fingerprint density at radius 3 is 2.76 bits per heavy atom. The number of aryl methyl sites for hydroxylation is 1. The van der Waals surface area contributed by atoms with Crippen LogP contribution in [0.3, 0.4) is 0 Å². The largest absolute Gasteiger partial charge is 0.384 e. The van der Waals surface area contributed by atoms with Crippen LogP contribution in [0.4, 0.5) is 11.6 Å². The Hall–Kier alpha value is -2.95. The number of hydrogen-bond donors (Lipinski definition) is 2. The molecular weight excluding hydrogens is 264 g/mol. The predicted molar refractivity (Wildman–Crippen MR) is 83.1 cm³/mol. The minimum Gasteiger partial charge on any atom is -0.384 e. The van der Waals surface area contributed by atoms with Crippen LogP contribution in [0.5, 0.6) is 0 Å². The summed E-state index contributed by atoms with van der Waals surface area (Å²) in [5.74, 6) is 0.567. The number of para-hydroxylation sites is 1. The molecule has 1 aromatic carbocycles. The van der Waals surface area contributed by atoms with Gasteiger partial charge in [-0.2, -0.15) is 0 Å². The zero-order chi connectivity index (χ0) is 14.8. The Morgan fingerprint density at radius 1 is 1.19 bits per heavy atom. The number of nitrogens with one attached hydrogen (secondary N) is 1. The summed E-state index contributed by atoms with van der Waals surface area (Å²) in [4.78, 5) is 20.8. The third kappa shape index (κ3) is 2.67. The molecule has 0 saturated heterocycles.